The van der Waals surface area contributed by atoms with Crippen molar-refractivity contribution in [1.82, 2.24) is 20.1 Å². The van der Waals surface area contributed by atoms with Gasteiger partial charge in [0.05, 0.1) is 11.8 Å². The summed E-state index contributed by atoms with van der Waals surface area (Å²) in [4.78, 5) is 17.9. The summed E-state index contributed by atoms with van der Waals surface area (Å²) < 4.78 is 5.06. The van der Waals surface area contributed by atoms with Gasteiger partial charge in [0.2, 0.25) is 0 Å². The number of hydrogen-bond acceptors (Lipinski definition) is 5. The average Bonchev–Trinajstić information content (AvgIpc) is 3.12. The van der Waals surface area contributed by atoms with E-state index in [-0.39, 0.29) is 11.8 Å². The summed E-state index contributed by atoms with van der Waals surface area (Å²) >= 11 is 0. The highest BCUT2D eigenvalue weighted by molar-refractivity contribution is 5.93. The average molecular weight is 290 g/mol. The van der Waals surface area contributed by atoms with E-state index in [4.69, 9.17) is 4.42 Å². The Kier molecular flexibility index (Phi) is 3.50. The van der Waals surface area contributed by atoms with Crippen molar-refractivity contribution in [3.8, 4) is 0 Å². The number of aliphatic hydroxyl groups is 1. The van der Waals surface area contributed by atoms with Gasteiger partial charge in [0.25, 0.3) is 5.91 Å². The number of H-pyrrole nitrogens is 1. The maximum atomic E-state index is 12.3. The molecule has 0 aliphatic carbocycles. The van der Waals surface area contributed by atoms with Crippen LogP contribution in [0.1, 0.15) is 27.6 Å². The number of rotatable bonds is 3. The number of β-amino-alcohol motifs (C(OH)–C–C–N with tert-alkyl or cyclic N) is 1. The number of nitrogens with zero attached hydrogens (tertiary/aromatic N) is 3. The van der Waals surface area contributed by atoms with Gasteiger partial charge in [-0.3, -0.25) is 9.89 Å². The summed E-state index contributed by atoms with van der Waals surface area (Å²) in [6, 6.07) is 1.96. The van der Waals surface area contributed by atoms with Crippen molar-refractivity contribution >= 4 is 5.91 Å². The van der Waals surface area contributed by atoms with Crippen LogP contribution in [0.25, 0.3) is 0 Å². The first-order chi connectivity index (χ1) is 10.0. The number of oxazole rings is 1. The molecular weight excluding hydrogens is 272 g/mol. The van der Waals surface area contributed by atoms with E-state index in [9.17, 15) is 9.90 Å². The third kappa shape index (κ3) is 2.69. The van der Waals surface area contributed by atoms with E-state index in [0.717, 1.165) is 11.4 Å². The maximum absolute atomic E-state index is 12.3. The number of aromatic amines is 1. The van der Waals surface area contributed by atoms with Crippen LogP contribution in [0.4, 0.5) is 0 Å². The molecule has 7 heteroatoms. The van der Waals surface area contributed by atoms with Crippen LogP contribution >= 0.6 is 0 Å². The van der Waals surface area contributed by atoms with Crippen molar-refractivity contribution < 1.29 is 14.3 Å². The molecule has 3 rings (SSSR count). The van der Waals surface area contributed by atoms with Gasteiger partial charge in [-0.25, -0.2) is 4.98 Å². The number of nitrogens with one attached hydrogen (secondary N) is 1. The van der Waals surface area contributed by atoms with Crippen LogP contribution in [-0.2, 0) is 6.42 Å². The van der Waals surface area contributed by atoms with E-state index in [1.165, 1.54) is 6.39 Å². The molecule has 2 aromatic heterocycles. The zero-order valence-corrected chi connectivity index (χ0v) is 12.0. The van der Waals surface area contributed by atoms with Gasteiger partial charge in [-0.2, -0.15) is 5.10 Å². The molecule has 0 saturated carbocycles. The molecule has 0 unspecified atom stereocenters. The lowest BCUT2D eigenvalue weighted by atomic mass is 10.0. The molecule has 2 atom stereocenters. The summed E-state index contributed by atoms with van der Waals surface area (Å²) in [7, 11) is 0. The van der Waals surface area contributed by atoms with Gasteiger partial charge in [-0.1, -0.05) is 0 Å². The summed E-state index contributed by atoms with van der Waals surface area (Å²) in [6.07, 6.45) is 1.37. The molecule has 3 heterocycles. The first-order valence-electron chi connectivity index (χ1n) is 6.93. The zero-order chi connectivity index (χ0) is 15.0. The molecule has 0 bridgehead atoms. The Balaban J connectivity index is 1.68. The molecule has 21 heavy (non-hydrogen) atoms. The molecule has 0 radical (unpaired) electrons. The topological polar surface area (TPSA) is 95.2 Å². The summed E-state index contributed by atoms with van der Waals surface area (Å²) in [5.74, 6) is 0.297. The van der Waals surface area contributed by atoms with E-state index in [1.54, 1.807) is 11.8 Å². The second-order valence-electron chi connectivity index (χ2n) is 5.54. The van der Waals surface area contributed by atoms with Crippen molar-refractivity contribution in [3.63, 3.8) is 0 Å². The predicted molar refractivity (Wildman–Crippen MR) is 73.7 cm³/mol. The van der Waals surface area contributed by atoms with E-state index in [2.05, 4.69) is 15.2 Å². The van der Waals surface area contributed by atoms with Crippen molar-refractivity contribution in [3.05, 3.63) is 35.3 Å². The molecule has 2 N–H and O–H groups in total. The molecule has 2 aromatic rings. The third-order valence-corrected chi connectivity index (χ3v) is 3.87. The first-order valence-corrected chi connectivity index (χ1v) is 6.93. The van der Waals surface area contributed by atoms with Gasteiger partial charge in [0.15, 0.2) is 12.1 Å². The first kappa shape index (κ1) is 13.8. The quantitative estimate of drug-likeness (QED) is 0.867. The van der Waals surface area contributed by atoms with Crippen molar-refractivity contribution in [1.29, 1.82) is 0 Å². The number of carbonyl (C=O) groups excluding carboxylic acids is 1. The van der Waals surface area contributed by atoms with Crippen LogP contribution in [-0.4, -0.2) is 50.3 Å². The predicted octanol–water partition coefficient (Wildman–Crippen LogP) is 0.690. The molecular formula is C14H18N4O3. The van der Waals surface area contributed by atoms with Crippen LogP contribution in [0.2, 0.25) is 0 Å². The summed E-state index contributed by atoms with van der Waals surface area (Å²) in [6.45, 7) is 4.46. The number of aliphatic hydroxyl groups excluding tert-OH is 1. The minimum Gasteiger partial charge on any atom is -0.448 e. The summed E-state index contributed by atoms with van der Waals surface area (Å²) in [5, 5.41) is 17.2. The largest absolute Gasteiger partial charge is 0.448 e. The fourth-order valence-electron chi connectivity index (χ4n) is 2.73. The van der Waals surface area contributed by atoms with Crippen LogP contribution in [0.3, 0.4) is 0 Å². The molecule has 112 valence electrons. The maximum Gasteiger partial charge on any atom is 0.276 e. The minimum absolute atomic E-state index is 0.0103. The van der Waals surface area contributed by atoms with Crippen LogP contribution < -0.4 is 0 Å². The number of hydrogen-bond donors (Lipinski definition) is 2. The third-order valence-electron chi connectivity index (χ3n) is 3.87. The Labute approximate surface area is 122 Å². The van der Waals surface area contributed by atoms with Gasteiger partial charge in [-0.15, -0.1) is 0 Å². The molecule has 0 aromatic carbocycles. The highest BCUT2D eigenvalue weighted by atomic mass is 16.3. The SMILES string of the molecule is Cc1cc(C[C@@H]2CN(C(=O)c3ncoc3C)C[C@H]2O)n[nH]1. The standard InChI is InChI=1S/C14H18N4O3/c1-8-3-11(17-16-8)4-10-5-18(6-12(10)19)14(20)13-9(2)21-7-15-13/h3,7,10,12,19H,4-6H2,1-2H3,(H,16,17)/t10-,12-/m1/s1. The van der Waals surface area contributed by atoms with Crippen molar-refractivity contribution in [2.75, 3.05) is 13.1 Å². The number of aromatic nitrogens is 3. The number of aryl methyl sites for hydroxylation is 2. The van der Waals surface area contributed by atoms with Gasteiger partial charge in [0.1, 0.15) is 5.76 Å². The molecule has 1 amide bonds. The fourth-order valence-corrected chi connectivity index (χ4v) is 2.73. The summed E-state index contributed by atoms with van der Waals surface area (Å²) in [5.41, 5.74) is 2.21. The highest BCUT2D eigenvalue weighted by Gasteiger charge is 2.36. The van der Waals surface area contributed by atoms with Gasteiger partial charge >= 0.3 is 0 Å². The number of carbonyl (C=O) groups is 1. The van der Waals surface area contributed by atoms with E-state index < -0.39 is 6.10 Å². The molecule has 0 spiro atoms. The number of likely N-dealkylation sites (tertiary alicyclic amines) is 1. The van der Waals surface area contributed by atoms with E-state index in [1.807, 2.05) is 13.0 Å². The smallest absolute Gasteiger partial charge is 0.276 e. The molecule has 1 fully saturated rings. The fraction of sp³-hybridized carbons (Fsp3) is 0.500. The van der Waals surface area contributed by atoms with Crippen molar-refractivity contribution in [2.24, 2.45) is 5.92 Å². The lowest BCUT2D eigenvalue weighted by Gasteiger charge is -2.14. The van der Waals surface area contributed by atoms with Crippen LogP contribution in [0.15, 0.2) is 16.9 Å². The molecule has 1 aliphatic heterocycles. The lowest BCUT2D eigenvalue weighted by molar-refractivity contribution is 0.0758. The second-order valence-corrected chi connectivity index (χ2v) is 5.54. The Morgan fingerprint density at radius 1 is 1.52 bits per heavy atom. The van der Waals surface area contributed by atoms with Gasteiger partial charge in [-0.05, 0) is 26.3 Å². The molecule has 1 aliphatic rings. The lowest BCUT2D eigenvalue weighted by Crippen LogP contribution is -2.30. The molecule has 7 nitrogen and oxygen atoms in total. The van der Waals surface area contributed by atoms with Crippen LogP contribution in [0.5, 0.6) is 0 Å². The Morgan fingerprint density at radius 3 is 2.95 bits per heavy atom. The van der Waals surface area contributed by atoms with Crippen molar-refractivity contribution in [2.45, 2.75) is 26.4 Å². The molecule has 1 saturated heterocycles. The van der Waals surface area contributed by atoms with Gasteiger partial charge in [0, 0.05) is 24.7 Å². The second kappa shape index (κ2) is 5.33. The van der Waals surface area contributed by atoms with Crippen LogP contribution in [0, 0.1) is 19.8 Å². The Hall–Kier alpha value is -2.15. The zero-order valence-electron chi connectivity index (χ0n) is 12.0. The Bertz CT molecular complexity index is 648. The number of amides is 1. The van der Waals surface area contributed by atoms with Gasteiger partial charge < -0.3 is 14.4 Å². The highest BCUT2D eigenvalue weighted by Crippen LogP contribution is 2.23. The normalized spacial score (nSPS) is 22.0. The monoisotopic (exact) mass is 290 g/mol. The van der Waals surface area contributed by atoms with E-state index >= 15 is 0 Å². The minimum atomic E-state index is -0.543. The van der Waals surface area contributed by atoms with E-state index in [0.29, 0.717) is 31.0 Å². The Morgan fingerprint density at radius 2 is 2.33 bits per heavy atom.